The number of nitrogens with one attached hydrogen (secondary N) is 1. The molecule has 2 atom stereocenters. The summed E-state index contributed by atoms with van der Waals surface area (Å²) in [5.74, 6) is 1.01. The Kier molecular flexibility index (Phi) is 5.00. The van der Waals surface area contributed by atoms with Crippen LogP contribution in [0, 0.1) is 0 Å². The Morgan fingerprint density at radius 1 is 1.33 bits per heavy atom. The zero-order chi connectivity index (χ0) is 15.2. The predicted molar refractivity (Wildman–Crippen MR) is 77.7 cm³/mol. The molecule has 0 saturated carbocycles. The summed E-state index contributed by atoms with van der Waals surface area (Å²) >= 11 is 0. The molecule has 5 heteroatoms. The number of furan rings is 1. The Bertz CT molecular complexity index is 578. The van der Waals surface area contributed by atoms with Gasteiger partial charge in [-0.15, -0.1) is 0 Å². The van der Waals surface area contributed by atoms with Crippen LogP contribution in [0.1, 0.15) is 31.3 Å². The molecule has 2 N–H and O–H groups in total. The quantitative estimate of drug-likeness (QED) is 0.856. The third-order valence-corrected chi connectivity index (χ3v) is 3.04. The molecule has 0 radical (unpaired) electrons. The van der Waals surface area contributed by atoms with E-state index in [1.54, 1.807) is 56.5 Å². The average Bonchev–Trinajstić information content (AvgIpc) is 2.98. The fourth-order valence-corrected chi connectivity index (χ4v) is 1.84. The number of aliphatic hydroxyl groups excluding tert-OH is 1. The van der Waals surface area contributed by atoms with E-state index in [1.807, 2.05) is 0 Å². The van der Waals surface area contributed by atoms with Gasteiger partial charge in [0.1, 0.15) is 11.5 Å². The van der Waals surface area contributed by atoms with Gasteiger partial charge < -0.3 is 19.6 Å². The minimum absolute atomic E-state index is 0.228. The standard InChI is InChI=1S/C16H19NO4/c1-11(18)13-5-3-6-14(9-13)21-12(2)16(19)17-10-15-7-4-8-20-15/h3-9,11-12,18H,10H2,1-2H3,(H,17,19)/t11-,12?/m0/s1. The van der Waals surface area contributed by atoms with Crippen molar-refractivity contribution in [2.45, 2.75) is 32.6 Å². The monoisotopic (exact) mass is 289 g/mol. The first kappa shape index (κ1) is 15.1. The molecule has 0 bridgehead atoms. The number of hydrogen-bond acceptors (Lipinski definition) is 4. The van der Waals surface area contributed by atoms with Crippen LogP contribution in [0.25, 0.3) is 0 Å². The van der Waals surface area contributed by atoms with E-state index in [0.717, 1.165) is 5.56 Å². The molecule has 1 aromatic heterocycles. The molecule has 2 rings (SSSR count). The zero-order valence-corrected chi connectivity index (χ0v) is 12.1. The van der Waals surface area contributed by atoms with Crippen molar-refractivity contribution in [3.8, 4) is 5.75 Å². The van der Waals surface area contributed by atoms with Gasteiger partial charge in [-0.1, -0.05) is 12.1 Å². The van der Waals surface area contributed by atoms with Gasteiger partial charge in [0.05, 0.1) is 18.9 Å². The number of amides is 1. The van der Waals surface area contributed by atoms with Crippen molar-refractivity contribution in [1.82, 2.24) is 5.32 Å². The van der Waals surface area contributed by atoms with Crippen molar-refractivity contribution in [3.05, 3.63) is 54.0 Å². The lowest BCUT2D eigenvalue weighted by molar-refractivity contribution is -0.127. The van der Waals surface area contributed by atoms with Crippen LogP contribution in [0.3, 0.4) is 0 Å². The molecule has 1 amide bonds. The molecule has 112 valence electrons. The number of hydrogen-bond donors (Lipinski definition) is 2. The van der Waals surface area contributed by atoms with Crippen LogP contribution in [0.4, 0.5) is 0 Å². The van der Waals surface area contributed by atoms with Gasteiger partial charge in [-0.25, -0.2) is 0 Å². The van der Waals surface area contributed by atoms with Gasteiger partial charge in [0.15, 0.2) is 6.10 Å². The Hall–Kier alpha value is -2.27. The van der Waals surface area contributed by atoms with Crippen molar-refractivity contribution in [2.24, 2.45) is 0 Å². The number of ether oxygens (including phenoxy) is 1. The van der Waals surface area contributed by atoms with Crippen molar-refractivity contribution in [2.75, 3.05) is 0 Å². The Labute approximate surface area is 123 Å². The normalized spacial score (nSPS) is 13.5. The molecule has 0 fully saturated rings. The molecular formula is C16H19NO4. The molecule has 21 heavy (non-hydrogen) atoms. The fourth-order valence-electron chi connectivity index (χ4n) is 1.84. The van der Waals surface area contributed by atoms with Crippen molar-refractivity contribution >= 4 is 5.91 Å². The lowest BCUT2D eigenvalue weighted by Crippen LogP contribution is -2.35. The third kappa shape index (κ3) is 4.36. The summed E-state index contributed by atoms with van der Waals surface area (Å²) in [6, 6.07) is 10.6. The second-order valence-corrected chi connectivity index (χ2v) is 4.81. The maximum atomic E-state index is 11.9. The van der Waals surface area contributed by atoms with E-state index >= 15 is 0 Å². The molecule has 5 nitrogen and oxygen atoms in total. The summed E-state index contributed by atoms with van der Waals surface area (Å²) in [6.07, 6.45) is 0.351. The van der Waals surface area contributed by atoms with Gasteiger partial charge in [-0.2, -0.15) is 0 Å². The van der Waals surface area contributed by atoms with E-state index < -0.39 is 12.2 Å². The summed E-state index contributed by atoms with van der Waals surface area (Å²) < 4.78 is 10.7. The van der Waals surface area contributed by atoms with Crippen LogP contribution in [-0.4, -0.2) is 17.1 Å². The largest absolute Gasteiger partial charge is 0.481 e. The van der Waals surface area contributed by atoms with Gasteiger partial charge in [-0.3, -0.25) is 4.79 Å². The molecule has 0 aliphatic rings. The van der Waals surface area contributed by atoms with E-state index in [9.17, 15) is 9.90 Å². The first-order valence-electron chi connectivity index (χ1n) is 6.81. The van der Waals surface area contributed by atoms with Crippen molar-refractivity contribution < 1.29 is 19.1 Å². The highest BCUT2D eigenvalue weighted by Crippen LogP contribution is 2.19. The summed E-state index contributed by atoms with van der Waals surface area (Å²) in [4.78, 5) is 11.9. The highest BCUT2D eigenvalue weighted by Gasteiger charge is 2.15. The van der Waals surface area contributed by atoms with E-state index in [1.165, 1.54) is 0 Å². The van der Waals surface area contributed by atoms with Crippen molar-refractivity contribution in [1.29, 1.82) is 0 Å². The fraction of sp³-hybridized carbons (Fsp3) is 0.312. The lowest BCUT2D eigenvalue weighted by atomic mass is 10.1. The van der Waals surface area contributed by atoms with E-state index in [2.05, 4.69) is 5.32 Å². The topological polar surface area (TPSA) is 71.7 Å². The van der Waals surface area contributed by atoms with E-state index in [4.69, 9.17) is 9.15 Å². The van der Waals surface area contributed by atoms with Gasteiger partial charge in [-0.05, 0) is 43.7 Å². The Balaban J connectivity index is 1.89. The van der Waals surface area contributed by atoms with Crippen LogP contribution in [0.2, 0.25) is 0 Å². The van der Waals surface area contributed by atoms with Gasteiger partial charge in [0, 0.05) is 0 Å². The highest BCUT2D eigenvalue weighted by atomic mass is 16.5. The summed E-state index contributed by atoms with van der Waals surface area (Å²) in [6.45, 7) is 3.68. The zero-order valence-electron chi connectivity index (χ0n) is 12.1. The van der Waals surface area contributed by atoms with Gasteiger partial charge in [0.2, 0.25) is 0 Å². The lowest BCUT2D eigenvalue weighted by Gasteiger charge is -2.15. The van der Waals surface area contributed by atoms with Gasteiger partial charge >= 0.3 is 0 Å². The minimum atomic E-state index is -0.635. The number of benzene rings is 1. The van der Waals surface area contributed by atoms with Crippen molar-refractivity contribution in [3.63, 3.8) is 0 Å². The van der Waals surface area contributed by atoms with Crippen LogP contribution in [0.15, 0.2) is 47.1 Å². The second kappa shape index (κ2) is 6.95. The first-order valence-corrected chi connectivity index (χ1v) is 6.81. The second-order valence-electron chi connectivity index (χ2n) is 4.81. The predicted octanol–water partition coefficient (Wildman–Crippen LogP) is 2.42. The number of carbonyl (C=O) groups excluding carboxylic acids is 1. The molecular weight excluding hydrogens is 270 g/mol. The minimum Gasteiger partial charge on any atom is -0.481 e. The molecule has 2 aromatic rings. The SMILES string of the molecule is CC(Oc1cccc([C@H](C)O)c1)C(=O)NCc1ccco1. The molecule has 1 aromatic carbocycles. The summed E-state index contributed by atoms with van der Waals surface area (Å²) in [5, 5.41) is 12.3. The Morgan fingerprint density at radius 3 is 2.81 bits per heavy atom. The summed E-state index contributed by atoms with van der Waals surface area (Å²) in [5.41, 5.74) is 0.746. The van der Waals surface area contributed by atoms with Crippen LogP contribution in [-0.2, 0) is 11.3 Å². The van der Waals surface area contributed by atoms with E-state index in [0.29, 0.717) is 18.1 Å². The maximum absolute atomic E-state index is 11.9. The van der Waals surface area contributed by atoms with Crippen LogP contribution < -0.4 is 10.1 Å². The maximum Gasteiger partial charge on any atom is 0.261 e. The number of rotatable bonds is 6. The molecule has 1 unspecified atom stereocenters. The van der Waals surface area contributed by atoms with Crippen LogP contribution in [0.5, 0.6) is 5.75 Å². The van der Waals surface area contributed by atoms with Crippen LogP contribution >= 0.6 is 0 Å². The number of carbonyl (C=O) groups is 1. The molecule has 0 aliphatic carbocycles. The number of aliphatic hydroxyl groups is 1. The first-order chi connectivity index (χ1) is 10.1. The molecule has 1 heterocycles. The third-order valence-electron chi connectivity index (χ3n) is 3.04. The highest BCUT2D eigenvalue weighted by molar-refractivity contribution is 5.80. The smallest absolute Gasteiger partial charge is 0.261 e. The Morgan fingerprint density at radius 2 is 2.14 bits per heavy atom. The molecule has 0 saturated heterocycles. The average molecular weight is 289 g/mol. The molecule has 0 aliphatic heterocycles. The van der Waals surface area contributed by atoms with E-state index in [-0.39, 0.29) is 5.91 Å². The molecule has 0 spiro atoms. The summed E-state index contributed by atoms with van der Waals surface area (Å²) in [7, 11) is 0. The van der Waals surface area contributed by atoms with Gasteiger partial charge in [0.25, 0.3) is 5.91 Å².